The maximum atomic E-state index is 11.0. The smallest absolute Gasteiger partial charge is 0.371 e. The molecule has 2 aromatic carbocycles. The highest BCUT2D eigenvalue weighted by atomic mass is 35.5. The number of carbonyl (C=O) groups is 4. The van der Waals surface area contributed by atoms with Crippen LogP contribution in [0.3, 0.4) is 0 Å². The van der Waals surface area contributed by atoms with Crippen molar-refractivity contribution in [3.63, 3.8) is 0 Å². The van der Waals surface area contributed by atoms with Gasteiger partial charge in [-0.1, -0.05) is 135 Å². The molecule has 2 aliphatic carbocycles. The summed E-state index contributed by atoms with van der Waals surface area (Å²) >= 11 is 26.2. The second-order valence-corrected chi connectivity index (χ2v) is 34.9. The number of aryl methyl sites for hydroxylation is 2. The minimum Gasteiger partial charge on any atom is -0.481 e. The second kappa shape index (κ2) is 52.0. The number of furan rings is 1. The first-order valence-corrected chi connectivity index (χ1v) is 44.4. The van der Waals surface area contributed by atoms with Crippen LogP contribution in [-0.2, 0) is 29.0 Å². The fourth-order valence-electron chi connectivity index (χ4n) is 17.5. The Morgan fingerprint density at radius 1 is 0.482 bits per heavy atom. The molecule has 0 radical (unpaired) electrons. The molecule has 110 heavy (non-hydrogen) atoms. The largest absolute Gasteiger partial charge is 0.481 e. The number of rotatable bonds is 49. The van der Waals surface area contributed by atoms with Crippen LogP contribution in [0.4, 0.5) is 0 Å². The van der Waals surface area contributed by atoms with Gasteiger partial charge in [0.25, 0.3) is 0 Å². The van der Waals surface area contributed by atoms with Gasteiger partial charge in [0.1, 0.15) is 12.4 Å². The van der Waals surface area contributed by atoms with Crippen LogP contribution in [0, 0.1) is 10.8 Å². The summed E-state index contributed by atoms with van der Waals surface area (Å²) in [6.07, 6.45) is 42.5. The van der Waals surface area contributed by atoms with E-state index < -0.39 is 23.9 Å². The summed E-state index contributed by atoms with van der Waals surface area (Å²) in [6, 6.07) is 18.6. The van der Waals surface area contributed by atoms with Crippen molar-refractivity contribution in [2.24, 2.45) is 10.8 Å². The first kappa shape index (κ1) is 95.0. The third-order valence-corrected chi connectivity index (χ3v) is 26.7. The number of carboxylic acid groups (broad SMARTS) is 4. The molecular weight excluding hydrogens is 1480 g/mol. The van der Waals surface area contributed by atoms with E-state index in [2.05, 4.69) is 59.4 Å². The minimum atomic E-state index is -1.09. The molecule has 3 unspecified atom stereocenters. The monoisotopic (exact) mass is 1620 g/mol. The number of unbranched alkanes of at least 4 members (excludes halogenated alkanes) is 6. The average molecular weight is 1620 g/mol. The number of aliphatic hydroxyl groups is 4. The maximum Gasteiger partial charge on any atom is 0.371 e. The van der Waals surface area contributed by atoms with Gasteiger partial charge in [-0.3, -0.25) is 24.4 Å². The summed E-state index contributed by atoms with van der Waals surface area (Å²) < 4.78 is 10.9. The standard InChI is InChI=1S/C25H38ClNO3.C22H38ClNO3.C22H34ClNO3.C19H30ClNO5/c1-2-3-14-25(15-5-16-25)23(28)6-4-17-27-18-13-21(26)22(27)12-9-19-7-10-20(11-8-19)24(29)30;1-2-13-22(14-8-15-22)20(25)10-7-16-24-17-12-18(23)19(24)9-5-3-4-6-11-21(26)27;1-2-3-4-6-19(25)7-5-15-24-16-14-20(23)21(24)13-10-17-8-11-18(12-9-17)22(26)27;1-2-3-4-5-14(22)8-10-21-11-9-16(20)17(21)13-25-12-15-6-7-18(26-15)19(23)24/h7-8,10-11,21-23,28H,2-6,9,12-18H2,1H3,(H,29,30);3,5,18-20,25H,2,4,6-17H2,1H3,(H,26,27);8-9,11-12,19-21,25H,2-7,10,13-16H2,1H3,(H,26,27);6-7,14,16-17,22H,2-5,8-13H2,1H3,(H,23,24)/b;5-3-;;/t21-,22+,23?;18-,19+,20-;19?,20-,21+;14?,16-,17+/m1111/s1. The normalized spacial score (nSPS) is 23.6. The number of aliphatic carboxylic acids is 1. The molecule has 0 amide bonds. The molecule has 4 aliphatic heterocycles. The molecule has 2 saturated carbocycles. The van der Waals surface area contributed by atoms with Crippen molar-refractivity contribution in [1.29, 1.82) is 0 Å². The number of likely N-dealkylation sites (tertiary alicyclic amines) is 4. The van der Waals surface area contributed by atoms with Crippen molar-refractivity contribution in [3.8, 4) is 0 Å². The molecule has 0 spiro atoms. The molecule has 22 heteroatoms. The van der Waals surface area contributed by atoms with Gasteiger partial charge in [-0.2, -0.15) is 0 Å². The summed E-state index contributed by atoms with van der Waals surface area (Å²) in [5.74, 6) is -3.18. The SMILES string of the molecule is CCCC1([C@H](O)CCCN2CC[C@@H](Cl)[C@@H]2C/C=C\CCCC(=O)O)CCC1.CCCCC1(C(O)CCCN2CC[C@@H](Cl)[C@@H]2CCc2ccc(C(=O)O)cc2)CCC1.CCCCCC(O)CCCN1CC[C@@H](Cl)[C@@H]1CCc1ccc(C(=O)O)cc1.CCCCCC(O)CCN1CC[C@@H](Cl)[C@@H]1COCc1ccc(C(=O)O)o1. The zero-order chi connectivity index (χ0) is 79.9. The molecule has 5 heterocycles. The summed E-state index contributed by atoms with van der Waals surface area (Å²) in [5.41, 5.74) is 3.40. The number of aliphatic hydroxyl groups excluding tert-OH is 4. The highest BCUT2D eigenvalue weighted by Crippen LogP contribution is 2.50. The maximum absolute atomic E-state index is 11.0. The lowest BCUT2D eigenvalue weighted by atomic mass is 9.61. The van der Waals surface area contributed by atoms with Gasteiger partial charge in [-0.25, -0.2) is 14.4 Å². The predicted molar refractivity (Wildman–Crippen MR) is 444 cm³/mol. The van der Waals surface area contributed by atoms with Gasteiger partial charge < -0.3 is 50.0 Å². The van der Waals surface area contributed by atoms with E-state index in [0.29, 0.717) is 48.0 Å². The minimum absolute atomic E-state index is 0.0263. The van der Waals surface area contributed by atoms with Gasteiger partial charge in [0.2, 0.25) is 5.76 Å². The van der Waals surface area contributed by atoms with Gasteiger partial charge in [-0.05, 0) is 265 Å². The topological polar surface area (TPSA) is 265 Å². The Morgan fingerprint density at radius 3 is 1.35 bits per heavy atom. The van der Waals surface area contributed by atoms with Gasteiger partial charge >= 0.3 is 23.9 Å². The lowest BCUT2D eigenvalue weighted by Crippen LogP contribution is -2.42. The van der Waals surface area contributed by atoms with E-state index in [1.807, 2.05) is 24.3 Å². The van der Waals surface area contributed by atoms with E-state index in [9.17, 15) is 39.6 Å². The molecule has 6 fully saturated rings. The van der Waals surface area contributed by atoms with Crippen LogP contribution in [-0.4, -0.2) is 213 Å². The number of halogens is 4. The highest BCUT2D eigenvalue weighted by molar-refractivity contribution is 6.22. The van der Waals surface area contributed by atoms with E-state index in [1.165, 1.54) is 76.7 Å². The quantitative estimate of drug-likeness (QED) is 0.0148. The molecule has 6 aliphatic rings. The Kier molecular flexibility index (Phi) is 44.9. The van der Waals surface area contributed by atoms with Crippen molar-refractivity contribution in [3.05, 3.63) is 107 Å². The van der Waals surface area contributed by atoms with E-state index in [1.54, 1.807) is 30.3 Å². The third-order valence-electron chi connectivity index (χ3n) is 24.6. The van der Waals surface area contributed by atoms with Crippen LogP contribution >= 0.6 is 46.4 Å². The fraction of sp³-hybridized carbons (Fsp3) is 0.750. The summed E-state index contributed by atoms with van der Waals surface area (Å²) in [5, 5.41) is 77.9. The van der Waals surface area contributed by atoms with Crippen molar-refractivity contribution in [2.45, 2.75) is 348 Å². The van der Waals surface area contributed by atoms with Crippen molar-refractivity contribution < 1.29 is 69.2 Å². The molecule has 1 aromatic heterocycles. The van der Waals surface area contributed by atoms with Crippen LogP contribution < -0.4 is 0 Å². The predicted octanol–water partition coefficient (Wildman–Crippen LogP) is 18.7. The number of aromatic carboxylic acids is 3. The van der Waals surface area contributed by atoms with Crippen molar-refractivity contribution in [2.75, 3.05) is 59.0 Å². The lowest BCUT2D eigenvalue weighted by Gasteiger charge is -2.46. The molecule has 9 rings (SSSR count). The van der Waals surface area contributed by atoms with Crippen LogP contribution in [0.5, 0.6) is 0 Å². The molecule has 624 valence electrons. The number of allylic oxidation sites excluding steroid dienone is 1. The first-order chi connectivity index (χ1) is 52.9. The van der Waals surface area contributed by atoms with Gasteiger partial charge in [0.15, 0.2) is 0 Å². The molecular formula is C88H140Cl4N4O14. The number of nitrogens with zero attached hydrogens (tertiary/aromatic N) is 4. The van der Waals surface area contributed by atoms with Gasteiger partial charge in [-0.15, -0.1) is 46.4 Å². The molecule has 4 saturated heterocycles. The molecule has 18 nitrogen and oxygen atoms in total. The van der Waals surface area contributed by atoms with Crippen LogP contribution in [0.25, 0.3) is 0 Å². The summed E-state index contributed by atoms with van der Waals surface area (Å²) in [7, 11) is 0. The Balaban J connectivity index is 0.000000229. The van der Waals surface area contributed by atoms with Gasteiger partial charge in [0.05, 0.1) is 63.7 Å². The van der Waals surface area contributed by atoms with Crippen LogP contribution in [0.2, 0.25) is 0 Å². The summed E-state index contributed by atoms with van der Waals surface area (Å²) in [6.45, 7) is 17.3. The molecule has 8 N–H and O–H groups in total. The highest BCUT2D eigenvalue weighted by Gasteiger charge is 2.44. The van der Waals surface area contributed by atoms with Crippen molar-refractivity contribution in [1.82, 2.24) is 19.6 Å². The van der Waals surface area contributed by atoms with Crippen LogP contribution in [0.15, 0.2) is 77.2 Å². The number of benzene rings is 2. The second-order valence-electron chi connectivity index (χ2n) is 32.6. The number of carboxylic acids is 4. The Bertz CT molecular complexity index is 3060. The average Bonchev–Trinajstić information content (AvgIpc) is 1.20. The zero-order valence-corrected chi connectivity index (χ0v) is 70.1. The Morgan fingerprint density at radius 2 is 0.918 bits per heavy atom. The Labute approximate surface area is 679 Å². The number of ether oxygens (including phenoxy) is 1. The fourth-order valence-corrected chi connectivity index (χ4v) is 18.9. The zero-order valence-electron chi connectivity index (χ0n) is 67.1. The van der Waals surface area contributed by atoms with E-state index in [-0.39, 0.29) is 81.6 Å². The third kappa shape index (κ3) is 32.7. The van der Waals surface area contributed by atoms with E-state index in [0.717, 1.165) is 224 Å². The number of hydrogen-bond acceptors (Lipinski definition) is 14. The number of hydrogen-bond donors (Lipinski definition) is 8. The van der Waals surface area contributed by atoms with Crippen LogP contribution in [0.1, 0.15) is 307 Å². The van der Waals surface area contributed by atoms with Crippen molar-refractivity contribution >= 4 is 70.3 Å². The summed E-state index contributed by atoms with van der Waals surface area (Å²) in [4.78, 5) is 53.1. The van der Waals surface area contributed by atoms with E-state index in [4.69, 9.17) is 76.0 Å². The lowest BCUT2D eigenvalue weighted by molar-refractivity contribution is -0.137. The molecule has 0 bridgehead atoms. The first-order valence-electron chi connectivity index (χ1n) is 42.6. The van der Waals surface area contributed by atoms with Gasteiger partial charge in [0, 0.05) is 43.7 Å². The number of alkyl halides is 4. The molecule has 3 aromatic rings. The molecule has 12 atom stereocenters. The van der Waals surface area contributed by atoms with E-state index >= 15 is 0 Å². The Hall–Kier alpha value is -3.86.